The lowest BCUT2D eigenvalue weighted by Crippen LogP contribution is -1.93. The SMILES string of the molecule is O=C/C=C/C=C\CCCCCCCC(=O)O. The smallest absolute Gasteiger partial charge is 0.303 e. The second-order valence-electron chi connectivity index (χ2n) is 3.65. The maximum Gasteiger partial charge on any atom is 0.303 e. The molecule has 1 N–H and O–H groups in total. The molecular formula is C13H20O3. The highest BCUT2D eigenvalue weighted by Crippen LogP contribution is 2.07. The Labute approximate surface area is 96.9 Å². The number of carbonyl (C=O) groups is 2. The van der Waals surface area contributed by atoms with Gasteiger partial charge in [0.2, 0.25) is 0 Å². The zero-order valence-corrected chi connectivity index (χ0v) is 9.60. The minimum Gasteiger partial charge on any atom is -0.481 e. The molecule has 0 spiro atoms. The first-order valence-corrected chi connectivity index (χ1v) is 5.76. The molecule has 0 radical (unpaired) electrons. The third kappa shape index (κ3) is 12.6. The zero-order chi connectivity index (χ0) is 12.1. The second kappa shape index (κ2) is 11.7. The maximum absolute atomic E-state index is 10.2. The van der Waals surface area contributed by atoms with Crippen LogP contribution in [-0.2, 0) is 9.59 Å². The van der Waals surface area contributed by atoms with Crippen LogP contribution in [0.25, 0.3) is 0 Å². The molecule has 0 aliphatic carbocycles. The average molecular weight is 224 g/mol. The molecule has 0 amide bonds. The summed E-state index contributed by atoms with van der Waals surface area (Å²) >= 11 is 0. The Morgan fingerprint density at radius 3 is 2.31 bits per heavy atom. The van der Waals surface area contributed by atoms with Gasteiger partial charge in [-0.15, -0.1) is 0 Å². The molecule has 0 aliphatic rings. The summed E-state index contributed by atoms with van der Waals surface area (Å²) in [6, 6.07) is 0. The molecule has 0 aromatic rings. The fourth-order valence-electron chi connectivity index (χ4n) is 1.35. The van der Waals surface area contributed by atoms with Crippen LogP contribution in [0.5, 0.6) is 0 Å². The van der Waals surface area contributed by atoms with Crippen LogP contribution in [-0.4, -0.2) is 17.4 Å². The number of aliphatic carboxylic acids is 1. The maximum atomic E-state index is 10.2. The molecule has 90 valence electrons. The first-order valence-electron chi connectivity index (χ1n) is 5.76. The molecule has 0 heterocycles. The molecule has 0 rings (SSSR count). The molecule has 0 aromatic heterocycles. The third-order valence-corrected chi connectivity index (χ3v) is 2.20. The van der Waals surface area contributed by atoms with Gasteiger partial charge in [0.1, 0.15) is 6.29 Å². The molecule has 3 heteroatoms. The Morgan fingerprint density at radius 1 is 0.938 bits per heavy atom. The molecule has 16 heavy (non-hydrogen) atoms. The van der Waals surface area contributed by atoms with Gasteiger partial charge in [-0.3, -0.25) is 9.59 Å². The van der Waals surface area contributed by atoms with E-state index in [-0.39, 0.29) is 6.42 Å². The fraction of sp³-hybridized carbons (Fsp3) is 0.538. The molecule has 0 saturated heterocycles. The topological polar surface area (TPSA) is 54.4 Å². The van der Waals surface area contributed by atoms with Crippen molar-refractivity contribution in [3.8, 4) is 0 Å². The Hall–Kier alpha value is -1.38. The van der Waals surface area contributed by atoms with E-state index in [1.165, 1.54) is 6.08 Å². The largest absolute Gasteiger partial charge is 0.481 e. The van der Waals surface area contributed by atoms with Crippen LogP contribution in [0.4, 0.5) is 0 Å². The molecular weight excluding hydrogens is 204 g/mol. The number of aldehydes is 1. The number of carbonyl (C=O) groups excluding carboxylic acids is 1. The van der Waals surface area contributed by atoms with Gasteiger partial charge in [-0.05, 0) is 25.3 Å². The van der Waals surface area contributed by atoms with E-state index in [9.17, 15) is 9.59 Å². The summed E-state index contributed by atoms with van der Waals surface area (Å²) < 4.78 is 0. The monoisotopic (exact) mass is 224 g/mol. The summed E-state index contributed by atoms with van der Waals surface area (Å²) in [4.78, 5) is 20.1. The van der Waals surface area contributed by atoms with Gasteiger partial charge in [0.05, 0.1) is 0 Å². The van der Waals surface area contributed by atoms with Crippen molar-refractivity contribution < 1.29 is 14.7 Å². The first kappa shape index (κ1) is 14.6. The lowest BCUT2D eigenvalue weighted by atomic mass is 10.1. The van der Waals surface area contributed by atoms with E-state index in [2.05, 4.69) is 0 Å². The lowest BCUT2D eigenvalue weighted by Gasteiger charge is -1.97. The Bertz CT molecular complexity index is 242. The van der Waals surface area contributed by atoms with Crippen molar-refractivity contribution >= 4 is 12.3 Å². The van der Waals surface area contributed by atoms with Crippen molar-refractivity contribution in [2.24, 2.45) is 0 Å². The Morgan fingerprint density at radius 2 is 1.62 bits per heavy atom. The van der Waals surface area contributed by atoms with Gasteiger partial charge in [-0.1, -0.05) is 37.5 Å². The summed E-state index contributed by atoms with van der Waals surface area (Å²) in [7, 11) is 0. The molecule has 0 fully saturated rings. The van der Waals surface area contributed by atoms with Crippen molar-refractivity contribution in [2.75, 3.05) is 0 Å². The predicted octanol–water partition coefficient (Wildman–Crippen LogP) is 3.11. The van der Waals surface area contributed by atoms with Crippen LogP contribution in [0, 0.1) is 0 Å². The van der Waals surface area contributed by atoms with Gasteiger partial charge >= 0.3 is 5.97 Å². The predicted molar refractivity (Wildman–Crippen MR) is 64.3 cm³/mol. The highest BCUT2D eigenvalue weighted by Gasteiger charge is 1.95. The van der Waals surface area contributed by atoms with Crippen LogP contribution in [0.15, 0.2) is 24.3 Å². The van der Waals surface area contributed by atoms with Crippen molar-refractivity contribution in [3.63, 3.8) is 0 Å². The van der Waals surface area contributed by atoms with Gasteiger partial charge < -0.3 is 5.11 Å². The van der Waals surface area contributed by atoms with E-state index in [0.717, 1.165) is 44.8 Å². The fourth-order valence-corrected chi connectivity index (χ4v) is 1.35. The minimum absolute atomic E-state index is 0.288. The molecule has 3 nitrogen and oxygen atoms in total. The van der Waals surface area contributed by atoms with Crippen molar-refractivity contribution in [1.82, 2.24) is 0 Å². The number of carboxylic acid groups (broad SMARTS) is 1. The number of unbranched alkanes of at least 4 members (excludes halogenated alkanes) is 5. The number of hydrogen-bond donors (Lipinski definition) is 1. The van der Waals surface area contributed by atoms with Crippen LogP contribution >= 0.6 is 0 Å². The first-order chi connectivity index (χ1) is 7.77. The van der Waals surface area contributed by atoms with Crippen molar-refractivity contribution in [2.45, 2.75) is 44.9 Å². The Kier molecular flexibility index (Phi) is 10.7. The summed E-state index contributed by atoms with van der Waals surface area (Å²) in [6.45, 7) is 0. The number of allylic oxidation sites excluding steroid dienone is 4. The van der Waals surface area contributed by atoms with Crippen LogP contribution in [0.1, 0.15) is 44.9 Å². The quantitative estimate of drug-likeness (QED) is 0.268. The van der Waals surface area contributed by atoms with Gasteiger partial charge in [-0.25, -0.2) is 0 Å². The van der Waals surface area contributed by atoms with Gasteiger partial charge in [0, 0.05) is 6.42 Å². The summed E-state index contributed by atoms with van der Waals surface area (Å²) in [5, 5.41) is 8.42. The highest BCUT2D eigenvalue weighted by molar-refractivity contribution is 5.66. The molecule has 0 aromatic carbocycles. The van der Waals surface area contributed by atoms with E-state index in [0.29, 0.717) is 0 Å². The summed E-state index contributed by atoms with van der Waals surface area (Å²) in [5.41, 5.74) is 0. The average Bonchev–Trinajstić information content (AvgIpc) is 2.25. The molecule has 0 saturated carbocycles. The van der Waals surface area contributed by atoms with E-state index >= 15 is 0 Å². The number of carboxylic acids is 1. The molecule has 0 aliphatic heterocycles. The van der Waals surface area contributed by atoms with Gasteiger partial charge in [0.25, 0.3) is 0 Å². The molecule has 0 atom stereocenters. The third-order valence-electron chi connectivity index (χ3n) is 2.20. The van der Waals surface area contributed by atoms with Crippen LogP contribution < -0.4 is 0 Å². The summed E-state index contributed by atoms with van der Waals surface area (Å²) in [6.07, 6.45) is 14.3. The molecule has 0 bridgehead atoms. The normalized spacial score (nSPS) is 11.2. The minimum atomic E-state index is -0.704. The van der Waals surface area contributed by atoms with Crippen LogP contribution in [0.2, 0.25) is 0 Å². The standard InChI is InChI=1S/C13H20O3/c14-12-10-8-6-4-2-1-3-5-7-9-11-13(15)16/h4,6,8,10,12H,1-3,5,7,9,11H2,(H,15,16)/b6-4-,10-8+. The number of rotatable bonds is 10. The van der Waals surface area contributed by atoms with Crippen LogP contribution in [0.3, 0.4) is 0 Å². The highest BCUT2D eigenvalue weighted by atomic mass is 16.4. The number of hydrogen-bond acceptors (Lipinski definition) is 2. The zero-order valence-electron chi connectivity index (χ0n) is 9.60. The van der Waals surface area contributed by atoms with E-state index in [4.69, 9.17) is 5.11 Å². The van der Waals surface area contributed by atoms with Crippen molar-refractivity contribution in [1.29, 1.82) is 0 Å². The van der Waals surface area contributed by atoms with E-state index in [1.807, 2.05) is 12.2 Å². The van der Waals surface area contributed by atoms with E-state index in [1.54, 1.807) is 6.08 Å². The summed E-state index contributed by atoms with van der Waals surface area (Å²) in [5.74, 6) is -0.704. The molecule has 0 unspecified atom stereocenters. The lowest BCUT2D eigenvalue weighted by molar-refractivity contribution is -0.137. The van der Waals surface area contributed by atoms with Crippen molar-refractivity contribution in [3.05, 3.63) is 24.3 Å². The second-order valence-corrected chi connectivity index (χ2v) is 3.65. The van der Waals surface area contributed by atoms with Gasteiger partial charge in [0.15, 0.2) is 0 Å². The Balaban J connectivity index is 3.15. The van der Waals surface area contributed by atoms with Gasteiger partial charge in [-0.2, -0.15) is 0 Å². The van der Waals surface area contributed by atoms with E-state index < -0.39 is 5.97 Å².